The third-order valence-electron chi connectivity index (χ3n) is 5.13. The number of hydrogen-bond acceptors (Lipinski definition) is 3. The normalized spacial score (nSPS) is 29.0. The summed E-state index contributed by atoms with van der Waals surface area (Å²) in [5, 5.41) is 15.2. The lowest BCUT2D eigenvalue weighted by Gasteiger charge is -2.40. The van der Waals surface area contributed by atoms with Crippen LogP contribution in [-0.4, -0.2) is 32.8 Å². The number of rotatable bonds is 4. The highest BCUT2D eigenvalue weighted by Gasteiger charge is 2.49. The van der Waals surface area contributed by atoms with E-state index >= 15 is 0 Å². The second kappa shape index (κ2) is 5.78. The largest absolute Gasteiger partial charge is 0.481 e. The van der Waals surface area contributed by atoms with Crippen LogP contribution in [-0.2, 0) is 29.2 Å². The monoisotopic (exact) mass is 345 g/mol. The number of carboxylic acids is 1. The Bertz CT molecular complexity index is 671. The summed E-state index contributed by atoms with van der Waals surface area (Å²) >= 11 is 0. The van der Waals surface area contributed by atoms with Gasteiger partial charge in [-0.15, -0.1) is 0 Å². The summed E-state index contributed by atoms with van der Waals surface area (Å²) in [7, 11) is 1.37. The zero-order valence-electron chi connectivity index (χ0n) is 13.0. The highest BCUT2D eigenvalue weighted by molar-refractivity contribution is 5.78. The number of halogens is 3. The fraction of sp³-hybridized carbons (Fsp3) is 0.667. The van der Waals surface area contributed by atoms with Crippen molar-refractivity contribution in [3.05, 3.63) is 17.5 Å². The fourth-order valence-corrected chi connectivity index (χ4v) is 3.83. The molecule has 2 fully saturated rings. The number of carbonyl (C=O) groups is 2. The van der Waals surface area contributed by atoms with Crippen molar-refractivity contribution in [2.45, 2.75) is 37.9 Å². The Kier molecular flexibility index (Phi) is 4.05. The van der Waals surface area contributed by atoms with Crippen molar-refractivity contribution in [3.63, 3.8) is 0 Å². The van der Waals surface area contributed by atoms with Crippen LogP contribution in [0.2, 0.25) is 0 Å². The molecule has 0 bridgehead atoms. The molecule has 4 unspecified atom stereocenters. The Morgan fingerprint density at radius 1 is 1.38 bits per heavy atom. The SMILES string of the molecule is Cn1nc(C(F)(F)F)cc1CC(=O)NC1CC2CC(C(=O)O)CC21. The Hall–Kier alpha value is -2.06. The molecule has 24 heavy (non-hydrogen) atoms. The molecule has 9 heteroatoms. The number of nitrogens with zero attached hydrogens (tertiary/aromatic N) is 2. The van der Waals surface area contributed by atoms with Gasteiger partial charge in [-0.3, -0.25) is 14.3 Å². The van der Waals surface area contributed by atoms with Crippen molar-refractivity contribution in [3.8, 4) is 0 Å². The smallest absolute Gasteiger partial charge is 0.435 e. The van der Waals surface area contributed by atoms with Crippen LogP contribution in [0.25, 0.3) is 0 Å². The van der Waals surface area contributed by atoms with Crippen molar-refractivity contribution >= 4 is 11.9 Å². The lowest BCUT2D eigenvalue weighted by Crippen LogP contribution is -2.50. The van der Waals surface area contributed by atoms with Gasteiger partial charge in [0.2, 0.25) is 5.91 Å². The molecule has 0 aliphatic heterocycles. The van der Waals surface area contributed by atoms with Gasteiger partial charge in [0, 0.05) is 18.8 Å². The Balaban J connectivity index is 1.56. The fourth-order valence-electron chi connectivity index (χ4n) is 3.83. The van der Waals surface area contributed by atoms with Crippen molar-refractivity contribution < 1.29 is 27.9 Å². The summed E-state index contributed by atoms with van der Waals surface area (Å²) in [6.07, 6.45) is -2.80. The number of hydrogen-bond donors (Lipinski definition) is 2. The van der Waals surface area contributed by atoms with Gasteiger partial charge >= 0.3 is 12.1 Å². The molecule has 2 aliphatic carbocycles. The molecule has 2 saturated carbocycles. The Morgan fingerprint density at radius 2 is 2.08 bits per heavy atom. The number of aromatic nitrogens is 2. The van der Waals surface area contributed by atoms with Crippen molar-refractivity contribution in [2.24, 2.45) is 24.8 Å². The van der Waals surface area contributed by atoms with Gasteiger partial charge in [0.25, 0.3) is 0 Å². The standard InChI is InChI=1S/C15H18F3N3O3/c1-21-9(5-12(20-21)15(16,17)18)6-13(22)19-11-4-7-2-8(14(23)24)3-10(7)11/h5,7-8,10-11H,2-4,6H2,1H3,(H,19,22)(H,23,24). The summed E-state index contributed by atoms with van der Waals surface area (Å²) < 4.78 is 38.9. The van der Waals surface area contributed by atoms with Crippen molar-refractivity contribution in [1.82, 2.24) is 15.1 Å². The predicted molar refractivity (Wildman–Crippen MR) is 75.8 cm³/mol. The Morgan fingerprint density at radius 3 is 2.67 bits per heavy atom. The molecule has 1 aromatic rings. The van der Waals surface area contributed by atoms with E-state index in [4.69, 9.17) is 5.11 Å². The molecule has 132 valence electrons. The van der Waals surface area contributed by atoms with E-state index in [1.54, 1.807) is 0 Å². The van der Waals surface area contributed by atoms with Gasteiger partial charge < -0.3 is 10.4 Å². The number of alkyl halides is 3. The third kappa shape index (κ3) is 3.11. The molecule has 4 atom stereocenters. The van der Waals surface area contributed by atoms with Crippen LogP contribution in [0.4, 0.5) is 13.2 Å². The first-order valence-corrected chi connectivity index (χ1v) is 7.77. The van der Waals surface area contributed by atoms with E-state index in [1.807, 2.05) is 0 Å². The first kappa shape index (κ1) is 16.8. The first-order chi connectivity index (χ1) is 11.1. The van der Waals surface area contributed by atoms with Gasteiger partial charge in [-0.05, 0) is 37.2 Å². The number of aryl methyl sites for hydroxylation is 1. The number of carbonyl (C=O) groups excluding carboxylic acids is 1. The minimum absolute atomic E-state index is 0.0813. The van der Waals surface area contributed by atoms with Gasteiger partial charge in [-0.1, -0.05) is 0 Å². The molecule has 0 aromatic carbocycles. The zero-order valence-corrected chi connectivity index (χ0v) is 13.0. The third-order valence-corrected chi connectivity index (χ3v) is 5.13. The minimum atomic E-state index is -4.54. The molecule has 1 aromatic heterocycles. The van der Waals surface area contributed by atoms with E-state index in [-0.39, 0.29) is 35.9 Å². The molecule has 2 aliphatic rings. The Labute approximate surface area is 136 Å². The molecule has 1 amide bonds. The predicted octanol–water partition coefficient (Wildman–Crippen LogP) is 1.60. The molecule has 0 spiro atoms. The topological polar surface area (TPSA) is 84.2 Å². The van der Waals surface area contributed by atoms with Gasteiger partial charge in [0.15, 0.2) is 5.69 Å². The quantitative estimate of drug-likeness (QED) is 0.868. The molecule has 0 saturated heterocycles. The molecular weight excluding hydrogens is 327 g/mol. The summed E-state index contributed by atoms with van der Waals surface area (Å²) in [5.41, 5.74) is -0.831. The van der Waals surface area contributed by atoms with E-state index < -0.39 is 17.8 Å². The van der Waals surface area contributed by atoms with Crippen LogP contribution in [0.15, 0.2) is 6.07 Å². The number of aliphatic carboxylic acids is 1. The second-order valence-corrected chi connectivity index (χ2v) is 6.66. The highest BCUT2D eigenvalue weighted by atomic mass is 19.4. The summed E-state index contributed by atoms with van der Waals surface area (Å²) in [4.78, 5) is 23.1. The molecular formula is C15H18F3N3O3. The van der Waals surface area contributed by atoms with Crippen molar-refractivity contribution in [2.75, 3.05) is 0 Å². The highest BCUT2D eigenvalue weighted by Crippen LogP contribution is 2.49. The van der Waals surface area contributed by atoms with Crippen LogP contribution < -0.4 is 5.32 Å². The average Bonchev–Trinajstić information content (AvgIpc) is 2.97. The lowest BCUT2D eigenvalue weighted by atomic mass is 9.71. The van der Waals surface area contributed by atoms with Gasteiger partial charge in [0.1, 0.15) is 0 Å². The summed E-state index contributed by atoms with van der Waals surface area (Å²) in [5.74, 6) is -1.04. The summed E-state index contributed by atoms with van der Waals surface area (Å²) in [6.45, 7) is 0. The van der Waals surface area contributed by atoms with E-state index in [0.717, 1.165) is 17.2 Å². The summed E-state index contributed by atoms with van der Waals surface area (Å²) in [6, 6.07) is 0.793. The second-order valence-electron chi connectivity index (χ2n) is 6.66. The van der Waals surface area contributed by atoms with Crippen molar-refractivity contribution in [1.29, 1.82) is 0 Å². The van der Waals surface area contributed by atoms with Gasteiger partial charge in [-0.2, -0.15) is 18.3 Å². The molecule has 0 radical (unpaired) electrons. The van der Waals surface area contributed by atoms with E-state index in [9.17, 15) is 22.8 Å². The van der Waals surface area contributed by atoms with E-state index in [0.29, 0.717) is 18.8 Å². The molecule has 1 heterocycles. The average molecular weight is 345 g/mol. The number of carboxylic acid groups (broad SMARTS) is 1. The molecule has 6 nitrogen and oxygen atoms in total. The minimum Gasteiger partial charge on any atom is -0.481 e. The number of fused-ring (bicyclic) bond motifs is 1. The van der Waals surface area contributed by atoms with E-state index in [2.05, 4.69) is 10.4 Å². The van der Waals surface area contributed by atoms with Crippen LogP contribution in [0.5, 0.6) is 0 Å². The van der Waals surface area contributed by atoms with Gasteiger partial charge in [-0.25, -0.2) is 0 Å². The molecule has 2 N–H and O–H groups in total. The maximum absolute atomic E-state index is 12.6. The zero-order chi connectivity index (χ0) is 17.6. The van der Waals surface area contributed by atoms with Crippen LogP contribution >= 0.6 is 0 Å². The molecule has 3 rings (SSSR count). The number of amides is 1. The van der Waals surface area contributed by atoms with Crippen LogP contribution in [0.1, 0.15) is 30.7 Å². The van der Waals surface area contributed by atoms with Crippen LogP contribution in [0, 0.1) is 17.8 Å². The maximum Gasteiger partial charge on any atom is 0.435 e. The van der Waals surface area contributed by atoms with E-state index in [1.165, 1.54) is 7.05 Å². The maximum atomic E-state index is 12.6. The van der Waals surface area contributed by atoms with Crippen LogP contribution in [0.3, 0.4) is 0 Å². The number of nitrogens with one attached hydrogen (secondary N) is 1. The first-order valence-electron chi connectivity index (χ1n) is 7.77. The lowest BCUT2D eigenvalue weighted by molar-refractivity contribution is -0.142. The van der Waals surface area contributed by atoms with Gasteiger partial charge in [0.05, 0.1) is 12.3 Å².